The number of hydrogen-bond donors (Lipinski definition) is 1. The molecule has 1 fully saturated rings. The van der Waals surface area contributed by atoms with Crippen LogP contribution < -0.4 is 4.72 Å². The molecule has 1 saturated heterocycles. The Hall–Kier alpha value is -2.25. The lowest BCUT2D eigenvalue weighted by Crippen LogP contribution is -2.37. The second kappa shape index (κ2) is 7.76. The maximum atomic E-state index is 12.1. The van der Waals surface area contributed by atoms with Gasteiger partial charge in [-0.15, -0.1) is 0 Å². The van der Waals surface area contributed by atoms with E-state index >= 15 is 0 Å². The number of nitrogens with one attached hydrogen (secondary N) is 1. The number of nitrogens with zero attached hydrogens (tertiary/aromatic N) is 1. The predicted octanol–water partition coefficient (Wildman–Crippen LogP) is 2.26. The van der Waals surface area contributed by atoms with Crippen molar-refractivity contribution in [3.63, 3.8) is 0 Å². The first-order valence-electron chi connectivity index (χ1n) is 8.20. The maximum absolute atomic E-state index is 12.1. The maximum Gasteiger partial charge on any atom is 0.257 e. The zero-order chi connectivity index (χ0) is 17.7. The molecule has 1 aliphatic rings. The van der Waals surface area contributed by atoms with Crippen LogP contribution in [0.5, 0.6) is 0 Å². The molecular formula is C18H20N2O4S. The first-order valence-corrected chi connectivity index (χ1v) is 9.86. The molecule has 2 heterocycles. The lowest BCUT2D eigenvalue weighted by atomic mass is 10.1. The molecule has 0 bridgehead atoms. The number of carbonyl (C=O) groups is 1. The second-order valence-corrected chi connectivity index (χ2v) is 7.79. The van der Waals surface area contributed by atoms with E-state index in [9.17, 15) is 13.2 Å². The highest BCUT2D eigenvalue weighted by Gasteiger charge is 2.22. The van der Waals surface area contributed by atoms with Gasteiger partial charge in [-0.25, -0.2) is 13.1 Å². The summed E-state index contributed by atoms with van der Waals surface area (Å²) in [6, 6.07) is 7.65. The summed E-state index contributed by atoms with van der Waals surface area (Å²) in [4.78, 5) is 16.1. The normalized spacial score (nSPS) is 18.5. The monoisotopic (exact) mass is 360 g/mol. The molecule has 1 atom stereocenters. The molecule has 1 aliphatic heterocycles. The third-order valence-electron chi connectivity index (χ3n) is 4.05. The number of rotatable bonds is 5. The van der Waals surface area contributed by atoms with Crippen molar-refractivity contribution in [2.24, 2.45) is 0 Å². The van der Waals surface area contributed by atoms with E-state index in [-0.39, 0.29) is 11.9 Å². The molecule has 0 saturated carbocycles. The highest BCUT2D eigenvalue weighted by molar-refractivity contribution is 7.90. The van der Waals surface area contributed by atoms with Gasteiger partial charge in [0.2, 0.25) is 10.0 Å². The first kappa shape index (κ1) is 17.6. The molecule has 1 aromatic carbocycles. The van der Waals surface area contributed by atoms with Gasteiger partial charge in [-0.2, -0.15) is 0 Å². The van der Waals surface area contributed by atoms with Crippen molar-refractivity contribution in [2.75, 3.05) is 12.4 Å². The van der Waals surface area contributed by atoms with Gasteiger partial charge in [0.15, 0.2) is 0 Å². The van der Waals surface area contributed by atoms with Crippen molar-refractivity contribution in [2.45, 2.75) is 25.4 Å². The van der Waals surface area contributed by atoms with E-state index in [0.29, 0.717) is 13.0 Å². The Kier molecular flexibility index (Phi) is 5.45. The van der Waals surface area contributed by atoms with Crippen molar-refractivity contribution in [1.82, 2.24) is 9.71 Å². The largest absolute Gasteiger partial charge is 0.377 e. The van der Waals surface area contributed by atoms with E-state index in [4.69, 9.17) is 4.74 Å². The van der Waals surface area contributed by atoms with Crippen LogP contribution >= 0.6 is 0 Å². The molecule has 1 amide bonds. The summed E-state index contributed by atoms with van der Waals surface area (Å²) in [7, 11) is -3.72. The molecule has 0 radical (unpaired) electrons. The van der Waals surface area contributed by atoms with E-state index in [0.717, 1.165) is 29.2 Å². The van der Waals surface area contributed by atoms with Crippen molar-refractivity contribution in [3.8, 4) is 0 Å². The number of sulfonamides is 1. The molecule has 7 heteroatoms. The standard InChI is InChI=1S/C18H20N2O4S/c21-18(20-25(22,23)13-16-6-3-4-10-24-16)9-8-15-12-19-11-14-5-1-2-7-17(14)15/h1-2,5,7-9,11-12,16H,3-4,6,10,13H2,(H,20,21)/b9-8+. The van der Waals surface area contributed by atoms with Gasteiger partial charge in [0.1, 0.15) is 0 Å². The van der Waals surface area contributed by atoms with Gasteiger partial charge < -0.3 is 4.74 Å². The van der Waals surface area contributed by atoms with Crippen LogP contribution in [0.4, 0.5) is 0 Å². The summed E-state index contributed by atoms with van der Waals surface area (Å²) in [5.74, 6) is -0.869. The van der Waals surface area contributed by atoms with Gasteiger partial charge in [-0.3, -0.25) is 9.78 Å². The number of fused-ring (bicyclic) bond motifs is 1. The van der Waals surface area contributed by atoms with Crippen LogP contribution in [0.2, 0.25) is 0 Å². The molecule has 0 aliphatic carbocycles. The fourth-order valence-corrected chi connectivity index (χ4v) is 4.06. The molecule has 1 aromatic heterocycles. The highest BCUT2D eigenvalue weighted by atomic mass is 32.2. The number of hydrogen-bond acceptors (Lipinski definition) is 5. The fourth-order valence-electron chi connectivity index (χ4n) is 2.85. The average molecular weight is 360 g/mol. The second-order valence-electron chi connectivity index (χ2n) is 6.02. The van der Waals surface area contributed by atoms with E-state index in [1.54, 1.807) is 18.5 Å². The third kappa shape index (κ3) is 4.87. The summed E-state index contributed by atoms with van der Waals surface area (Å²) in [6.45, 7) is 0.572. The Labute approximate surface area is 147 Å². The topological polar surface area (TPSA) is 85.4 Å². The minimum atomic E-state index is -3.72. The molecule has 1 N–H and O–H groups in total. The number of benzene rings is 1. The summed E-state index contributed by atoms with van der Waals surface area (Å²) in [5.41, 5.74) is 0.751. The Morgan fingerprint density at radius 2 is 2.12 bits per heavy atom. The van der Waals surface area contributed by atoms with Gasteiger partial charge in [0, 0.05) is 36.0 Å². The van der Waals surface area contributed by atoms with E-state index in [1.165, 1.54) is 6.08 Å². The zero-order valence-corrected chi connectivity index (χ0v) is 14.5. The van der Waals surface area contributed by atoms with Gasteiger partial charge >= 0.3 is 0 Å². The minimum Gasteiger partial charge on any atom is -0.377 e. The number of amides is 1. The Bertz CT molecular complexity index is 882. The Morgan fingerprint density at radius 3 is 2.92 bits per heavy atom. The van der Waals surface area contributed by atoms with Gasteiger partial charge in [0.05, 0.1) is 11.9 Å². The van der Waals surface area contributed by atoms with Crippen molar-refractivity contribution in [1.29, 1.82) is 0 Å². The molecule has 1 unspecified atom stereocenters. The van der Waals surface area contributed by atoms with Crippen LogP contribution in [0.25, 0.3) is 16.8 Å². The lowest BCUT2D eigenvalue weighted by Gasteiger charge is -2.22. The predicted molar refractivity (Wildman–Crippen MR) is 96.3 cm³/mol. The quantitative estimate of drug-likeness (QED) is 0.827. The number of ether oxygens (including phenoxy) is 1. The van der Waals surface area contributed by atoms with E-state index in [1.807, 2.05) is 24.3 Å². The molecule has 25 heavy (non-hydrogen) atoms. The summed E-state index contributed by atoms with van der Waals surface area (Å²) >= 11 is 0. The smallest absolute Gasteiger partial charge is 0.257 e. The Morgan fingerprint density at radius 1 is 1.28 bits per heavy atom. The molecular weight excluding hydrogens is 340 g/mol. The Balaban J connectivity index is 1.65. The summed E-state index contributed by atoms with van der Waals surface area (Å²) in [6.07, 6.45) is 8.41. The SMILES string of the molecule is O=C(/C=C/c1cncc2ccccc12)NS(=O)(=O)CC1CCCCO1. The summed E-state index contributed by atoms with van der Waals surface area (Å²) < 4.78 is 31.6. The average Bonchev–Trinajstić information content (AvgIpc) is 2.60. The molecule has 6 nitrogen and oxygen atoms in total. The molecule has 132 valence electrons. The van der Waals surface area contributed by atoms with Crippen LogP contribution in [0, 0.1) is 0 Å². The van der Waals surface area contributed by atoms with Crippen LogP contribution in [0.1, 0.15) is 24.8 Å². The molecule has 3 rings (SSSR count). The zero-order valence-electron chi connectivity index (χ0n) is 13.7. The van der Waals surface area contributed by atoms with Gasteiger partial charge in [-0.05, 0) is 30.7 Å². The molecule has 2 aromatic rings. The summed E-state index contributed by atoms with van der Waals surface area (Å²) in [5, 5.41) is 1.90. The molecule has 0 spiro atoms. The number of carbonyl (C=O) groups excluding carboxylic acids is 1. The minimum absolute atomic E-state index is 0.192. The van der Waals surface area contributed by atoms with Gasteiger partial charge in [0.25, 0.3) is 5.91 Å². The van der Waals surface area contributed by atoms with Crippen LogP contribution in [0.15, 0.2) is 42.7 Å². The van der Waals surface area contributed by atoms with E-state index < -0.39 is 15.9 Å². The fraction of sp³-hybridized carbons (Fsp3) is 0.333. The highest BCUT2D eigenvalue weighted by Crippen LogP contribution is 2.18. The number of aromatic nitrogens is 1. The third-order valence-corrected chi connectivity index (χ3v) is 5.37. The lowest BCUT2D eigenvalue weighted by molar-refractivity contribution is -0.114. The first-order chi connectivity index (χ1) is 12.0. The van der Waals surface area contributed by atoms with Crippen LogP contribution in [-0.4, -0.2) is 37.8 Å². The van der Waals surface area contributed by atoms with Crippen LogP contribution in [-0.2, 0) is 19.6 Å². The number of pyridine rings is 1. The van der Waals surface area contributed by atoms with Crippen LogP contribution in [0.3, 0.4) is 0 Å². The van der Waals surface area contributed by atoms with Crippen molar-refractivity contribution >= 4 is 32.8 Å². The van der Waals surface area contributed by atoms with Crippen molar-refractivity contribution < 1.29 is 17.9 Å². The van der Waals surface area contributed by atoms with Gasteiger partial charge in [-0.1, -0.05) is 24.3 Å². The van der Waals surface area contributed by atoms with Crippen molar-refractivity contribution in [3.05, 3.63) is 48.3 Å². The van der Waals surface area contributed by atoms with E-state index in [2.05, 4.69) is 9.71 Å².